The normalized spacial score (nSPS) is 30.5. The third kappa shape index (κ3) is 3.45. The van der Waals surface area contributed by atoms with Crippen LogP contribution < -0.4 is 5.32 Å². The van der Waals surface area contributed by atoms with Gasteiger partial charge >= 0.3 is 0 Å². The summed E-state index contributed by atoms with van der Waals surface area (Å²) in [6.07, 6.45) is 3.66. The maximum Gasteiger partial charge on any atom is 0.229 e. The highest BCUT2D eigenvalue weighted by atomic mass is 19.1. The maximum absolute atomic E-state index is 12.9. The van der Waals surface area contributed by atoms with Gasteiger partial charge in [0.25, 0.3) is 0 Å². The summed E-state index contributed by atoms with van der Waals surface area (Å²) in [4.78, 5) is 26.8. The van der Waals surface area contributed by atoms with E-state index in [1.54, 1.807) is 0 Å². The molecule has 0 spiro atoms. The van der Waals surface area contributed by atoms with Gasteiger partial charge in [0.1, 0.15) is 5.82 Å². The second kappa shape index (κ2) is 6.91. The number of nitrogens with one attached hydrogen (secondary N) is 1. The van der Waals surface area contributed by atoms with E-state index in [2.05, 4.69) is 19.2 Å². The predicted molar refractivity (Wildman–Crippen MR) is 90.8 cm³/mol. The number of likely N-dealkylation sites (tertiary alicyclic amines) is 1. The fraction of sp³-hybridized carbons (Fsp3) is 0.579. The molecule has 1 aromatic rings. The number of carbonyl (C=O) groups is 2. The minimum atomic E-state index is -0.337. The average Bonchev–Trinajstić information content (AvgIpc) is 2.94. The number of anilines is 1. The smallest absolute Gasteiger partial charge is 0.229 e. The van der Waals surface area contributed by atoms with Crippen molar-refractivity contribution in [3.05, 3.63) is 30.1 Å². The molecule has 0 aromatic heterocycles. The van der Waals surface area contributed by atoms with Crippen LogP contribution in [0.3, 0.4) is 0 Å². The van der Waals surface area contributed by atoms with Gasteiger partial charge in [0.05, 0.1) is 5.92 Å². The van der Waals surface area contributed by atoms with E-state index >= 15 is 0 Å². The molecule has 1 aliphatic heterocycles. The van der Waals surface area contributed by atoms with Crippen LogP contribution in [0.2, 0.25) is 0 Å². The first-order valence-corrected chi connectivity index (χ1v) is 8.81. The molecule has 2 amide bonds. The van der Waals surface area contributed by atoms with Gasteiger partial charge in [0, 0.05) is 24.7 Å². The Morgan fingerprint density at radius 1 is 1.21 bits per heavy atom. The second-order valence-electron chi connectivity index (χ2n) is 7.28. The number of nitrogens with zero attached hydrogens (tertiary/aromatic N) is 1. The van der Waals surface area contributed by atoms with E-state index in [-0.39, 0.29) is 36.0 Å². The van der Waals surface area contributed by atoms with Gasteiger partial charge in [-0.1, -0.05) is 26.7 Å². The summed E-state index contributed by atoms with van der Waals surface area (Å²) < 4.78 is 12.9. The molecule has 4 atom stereocenters. The Labute approximate surface area is 142 Å². The maximum atomic E-state index is 12.9. The third-order valence-electron chi connectivity index (χ3n) is 5.71. The molecule has 1 aromatic carbocycles. The molecule has 1 heterocycles. The molecule has 4 nitrogen and oxygen atoms in total. The summed E-state index contributed by atoms with van der Waals surface area (Å²) in [5, 5.41) is 2.79. The Morgan fingerprint density at radius 3 is 2.62 bits per heavy atom. The van der Waals surface area contributed by atoms with E-state index in [1.165, 1.54) is 30.7 Å². The fourth-order valence-electron chi connectivity index (χ4n) is 4.00. The molecule has 0 radical (unpaired) electrons. The zero-order valence-electron chi connectivity index (χ0n) is 14.3. The quantitative estimate of drug-likeness (QED) is 0.922. The summed E-state index contributed by atoms with van der Waals surface area (Å²) in [5.74, 6) is 0.349. The second-order valence-corrected chi connectivity index (χ2v) is 7.28. The van der Waals surface area contributed by atoms with Crippen molar-refractivity contribution in [1.29, 1.82) is 0 Å². The van der Waals surface area contributed by atoms with Crippen molar-refractivity contribution in [2.75, 3.05) is 11.9 Å². The first-order chi connectivity index (χ1) is 11.5. The van der Waals surface area contributed by atoms with E-state index in [9.17, 15) is 14.0 Å². The molecule has 1 saturated carbocycles. The van der Waals surface area contributed by atoms with Crippen molar-refractivity contribution in [2.45, 2.75) is 45.6 Å². The number of hydrogen-bond acceptors (Lipinski definition) is 2. The van der Waals surface area contributed by atoms with E-state index in [0.717, 1.165) is 12.8 Å². The van der Waals surface area contributed by atoms with Crippen LogP contribution in [0.4, 0.5) is 10.1 Å². The molecular formula is C19H25FN2O2. The lowest BCUT2D eigenvalue weighted by Crippen LogP contribution is -2.45. The van der Waals surface area contributed by atoms with E-state index in [0.29, 0.717) is 24.1 Å². The number of carbonyl (C=O) groups excluding carboxylic acids is 2. The highest BCUT2D eigenvalue weighted by molar-refractivity contribution is 5.97. The molecule has 1 saturated heterocycles. The molecule has 130 valence electrons. The van der Waals surface area contributed by atoms with Crippen LogP contribution in [0.5, 0.6) is 0 Å². The summed E-state index contributed by atoms with van der Waals surface area (Å²) in [6, 6.07) is 5.95. The summed E-state index contributed by atoms with van der Waals surface area (Å²) in [7, 11) is 0. The number of rotatable bonds is 3. The lowest BCUT2D eigenvalue weighted by atomic mass is 9.77. The molecular weight excluding hydrogens is 307 g/mol. The van der Waals surface area contributed by atoms with Crippen LogP contribution in [0, 0.1) is 23.6 Å². The van der Waals surface area contributed by atoms with Gasteiger partial charge in [-0.15, -0.1) is 0 Å². The van der Waals surface area contributed by atoms with Crippen molar-refractivity contribution in [3.63, 3.8) is 0 Å². The molecule has 1 N–H and O–H groups in total. The molecule has 2 fully saturated rings. The zero-order valence-corrected chi connectivity index (χ0v) is 14.3. The number of amides is 2. The van der Waals surface area contributed by atoms with Gasteiger partial charge in [-0.2, -0.15) is 0 Å². The Morgan fingerprint density at radius 2 is 1.92 bits per heavy atom. The summed E-state index contributed by atoms with van der Waals surface area (Å²) in [6.45, 7) is 4.96. The van der Waals surface area contributed by atoms with Gasteiger partial charge in [-0.25, -0.2) is 4.39 Å². The van der Waals surface area contributed by atoms with Crippen LogP contribution in [-0.4, -0.2) is 29.3 Å². The van der Waals surface area contributed by atoms with Crippen molar-refractivity contribution in [1.82, 2.24) is 4.90 Å². The first-order valence-electron chi connectivity index (χ1n) is 8.81. The zero-order chi connectivity index (χ0) is 17.3. The molecule has 2 aliphatic rings. The molecule has 3 rings (SSSR count). The van der Waals surface area contributed by atoms with Crippen LogP contribution in [0.15, 0.2) is 24.3 Å². The molecule has 0 bridgehead atoms. The number of halogens is 1. The Hall–Kier alpha value is -1.91. The van der Waals surface area contributed by atoms with Gasteiger partial charge in [-0.3, -0.25) is 9.59 Å². The lowest BCUT2D eigenvalue weighted by molar-refractivity contribution is -0.131. The largest absolute Gasteiger partial charge is 0.339 e. The highest BCUT2D eigenvalue weighted by Gasteiger charge is 2.41. The van der Waals surface area contributed by atoms with E-state index < -0.39 is 0 Å². The minimum Gasteiger partial charge on any atom is -0.339 e. The summed E-state index contributed by atoms with van der Waals surface area (Å²) >= 11 is 0. The van der Waals surface area contributed by atoms with Crippen LogP contribution in [-0.2, 0) is 9.59 Å². The summed E-state index contributed by atoms with van der Waals surface area (Å²) in [5.41, 5.74) is 0.562. The minimum absolute atomic E-state index is 0.0835. The Bertz CT molecular complexity index is 616. The molecule has 1 aliphatic carbocycles. The van der Waals surface area contributed by atoms with Crippen molar-refractivity contribution >= 4 is 17.5 Å². The molecule has 0 unspecified atom stereocenters. The van der Waals surface area contributed by atoms with Crippen LogP contribution in [0.1, 0.15) is 39.5 Å². The average molecular weight is 332 g/mol. The van der Waals surface area contributed by atoms with Crippen molar-refractivity contribution in [2.24, 2.45) is 17.8 Å². The third-order valence-corrected chi connectivity index (χ3v) is 5.71. The monoisotopic (exact) mass is 332 g/mol. The van der Waals surface area contributed by atoms with Gasteiger partial charge in [-0.05, 0) is 42.5 Å². The van der Waals surface area contributed by atoms with E-state index in [1.807, 2.05) is 4.90 Å². The Balaban J connectivity index is 1.63. The highest BCUT2D eigenvalue weighted by Crippen LogP contribution is 2.35. The number of hydrogen-bond donors (Lipinski definition) is 1. The predicted octanol–water partition coefficient (Wildman–Crippen LogP) is 3.44. The van der Waals surface area contributed by atoms with Gasteiger partial charge in [0.2, 0.25) is 11.8 Å². The number of benzene rings is 1. The van der Waals surface area contributed by atoms with Gasteiger partial charge < -0.3 is 10.2 Å². The fourth-order valence-corrected chi connectivity index (χ4v) is 4.00. The van der Waals surface area contributed by atoms with E-state index in [4.69, 9.17) is 0 Å². The van der Waals surface area contributed by atoms with Crippen LogP contribution in [0.25, 0.3) is 0 Å². The van der Waals surface area contributed by atoms with Crippen molar-refractivity contribution in [3.8, 4) is 0 Å². The van der Waals surface area contributed by atoms with Crippen LogP contribution >= 0.6 is 0 Å². The first kappa shape index (κ1) is 16.9. The van der Waals surface area contributed by atoms with Crippen molar-refractivity contribution < 1.29 is 14.0 Å². The standard InChI is InChI=1S/C19H25FN2O2/c1-12-4-3-5-17(13(12)2)22-11-14(10-18(22)23)19(24)21-16-8-6-15(20)7-9-16/h6-9,12-14,17H,3-5,10-11H2,1-2H3,(H,21,24)/t12-,13+,14+,17-/m0/s1. The lowest BCUT2D eigenvalue weighted by Gasteiger charge is -2.40. The molecule has 5 heteroatoms. The molecule has 24 heavy (non-hydrogen) atoms. The van der Waals surface area contributed by atoms with Gasteiger partial charge in [0.15, 0.2) is 0 Å². The topological polar surface area (TPSA) is 49.4 Å². The Kier molecular flexibility index (Phi) is 4.88. The SMILES string of the molecule is C[C@@H]1[C@@H](C)CCC[C@@H]1N1C[C@H](C(=O)Nc2ccc(F)cc2)CC1=O.